The molecule has 4 nitrogen and oxygen atoms in total. The number of nitrogens with zero attached hydrogens (tertiary/aromatic N) is 2. The van der Waals surface area contributed by atoms with Gasteiger partial charge in [-0.2, -0.15) is 18.3 Å². The second-order valence-electron chi connectivity index (χ2n) is 4.30. The smallest absolute Gasteiger partial charge is 0.416 e. The molecule has 2 rings (SSSR count). The molecule has 0 amide bonds. The van der Waals surface area contributed by atoms with Crippen LogP contribution in [0, 0.1) is 0 Å². The highest BCUT2D eigenvalue weighted by molar-refractivity contribution is 5.71. The second-order valence-corrected chi connectivity index (χ2v) is 4.30. The Balaban J connectivity index is 2.36. The van der Waals surface area contributed by atoms with Crippen molar-refractivity contribution in [2.45, 2.75) is 19.1 Å². The maximum atomic E-state index is 12.6. The molecule has 0 saturated heterocycles. The zero-order chi connectivity index (χ0) is 14.9. The summed E-state index contributed by atoms with van der Waals surface area (Å²) in [4.78, 5) is 10.8. The average Bonchev–Trinajstić information content (AvgIpc) is 2.86. The lowest BCUT2D eigenvalue weighted by Crippen LogP contribution is -2.15. The standard InChI is InChI=1S/C13H11F3N2O2/c1-8(12(19)20)18-7-10(6-17-18)9-3-2-4-11(5-9)13(14,15)16/h2-8H,1H3,(H,19,20). The lowest BCUT2D eigenvalue weighted by atomic mass is 10.1. The minimum Gasteiger partial charge on any atom is -0.480 e. The molecule has 20 heavy (non-hydrogen) atoms. The fourth-order valence-electron chi connectivity index (χ4n) is 1.69. The van der Waals surface area contributed by atoms with Crippen LogP contribution in [0.2, 0.25) is 0 Å². The largest absolute Gasteiger partial charge is 0.480 e. The predicted octanol–water partition coefficient (Wildman–Crippen LogP) is 3.21. The van der Waals surface area contributed by atoms with E-state index < -0.39 is 23.8 Å². The monoisotopic (exact) mass is 284 g/mol. The Labute approximate surface area is 112 Å². The molecule has 1 atom stereocenters. The molecule has 2 aromatic rings. The summed E-state index contributed by atoms with van der Waals surface area (Å²) in [6.45, 7) is 1.44. The first-order valence-electron chi connectivity index (χ1n) is 5.73. The van der Waals surface area contributed by atoms with Crippen LogP contribution in [0.3, 0.4) is 0 Å². The van der Waals surface area contributed by atoms with Gasteiger partial charge in [0.05, 0.1) is 11.8 Å². The van der Waals surface area contributed by atoms with Crippen molar-refractivity contribution in [1.82, 2.24) is 9.78 Å². The zero-order valence-corrected chi connectivity index (χ0v) is 10.4. The molecule has 0 aliphatic heterocycles. The number of carboxylic acids is 1. The van der Waals surface area contributed by atoms with Crippen molar-refractivity contribution < 1.29 is 23.1 Å². The molecule has 0 fully saturated rings. The maximum absolute atomic E-state index is 12.6. The average molecular weight is 284 g/mol. The van der Waals surface area contributed by atoms with E-state index in [1.165, 1.54) is 36.1 Å². The number of carbonyl (C=O) groups is 1. The van der Waals surface area contributed by atoms with E-state index in [4.69, 9.17) is 5.11 Å². The van der Waals surface area contributed by atoms with Crippen LogP contribution in [-0.4, -0.2) is 20.9 Å². The molecule has 1 aromatic heterocycles. The number of halogens is 3. The molecule has 106 valence electrons. The summed E-state index contributed by atoms with van der Waals surface area (Å²) in [5, 5.41) is 12.7. The van der Waals surface area contributed by atoms with E-state index in [1.54, 1.807) is 0 Å². The first-order chi connectivity index (χ1) is 9.29. The summed E-state index contributed by atoms with van der Waals surface area (Å²) >= 11 is 0. The van der Waals surface area contributed by atoms with Crippen molar-refractivity contribution in [2.75, 3.05) is 0 Å². The molecule has 0 bridgehead atoms. The van der Waals surface area contributed by atoms with Crippen LogP contribution in [0.4, 0.5) is 13.2 Å². The number of rotatable bonds is 3. The highest BCUT2D eigenvalue weighted by atomic mass is 19.4. The SMILES string of the molecule is CC(C(=O)O)n1cc(-c2cccc(C(F)(F)F)c2)cn1. The van der Waals surface area contributed by atoms with Gasteiger partial charge in [-0.3, -0.25) is 4.68 Å². The molecule has 0 saturated carbocycles. The van der Waals surface area contributed by atoms with Gasteiger partial charge in [0.2, 0.25) is 0 Å². The predicted molar refractivity (Wildman–Crippen MR) is 65.0 cm³/mol. The van der Waals surface area contributed by atoms with E-state index in [-0.39, 0.29) is 0 Å². The zero-order valence-electron chi connectivity index (χ0n) is 10.4. The van der Waals surface area contributed by atoms with Crippen LogP contribution in [0.1, 0.15) is 18.5 Å². The minimum absolute atomic E-state index is 0.337. The van der Waals surface area contributed by atoms with Gasteiger partial charge in [-0.1, -0.05) is 12.1 Å². The van der Waals surface area contributed by atoms with Crippen molar-refractivity contribution in [1.29, 1.82) is 0 Å². The van der Waals surface area contributed by atoms with E-state index in [1.807, 2.05) is 0 Å². The minimum atomic E-state index is -4.42. The molecule has 1 heterocycles. The fraction of sp³-hybridized carbons (Fsp3) is 0.231. The van der Waals surface area contributed by atoms with E-state index in [0.717, 1.165) is 12.1 Å². The van der Waals surface area contributed by atoms with Gasteiger partial charge in [0.1, 0.15) is 6.04 Å². The third kappa shape index (κ3) is 2.81. The Bertz CT molecular complexity index is 635. The van der Waals surface area contributed by atoms with E-state index >= 15 is 0 Å². The Kier molecular flexibility index (Phi) is 3.52. The van der Waals surface area contributed by atoms with Crippen molar-refractivity contribution in [2.24, 2.45) is 0 Å². The van der Waals surface area contributed by atoms with Crippen molar-refractivity contribution in [3.05, 3.63) is 42.2 Å². The van der Waals surface area contributed by atoms with Gasteiger partial charge in [-0.15, -0.1) is 0 Å². The van der Waals surface area contributed by atoms with Crippen LogP contribution < -0.4 is 0 Å². The molecule has 1 N–H and O–H groups in total. The Morgan fingerprint density at radius 3 is 2.65 bits per heavy atom. The van der Waals surface area contributed by atoms with E-state index in [2.05, 4.69) is 5.10 Å². The quantitative estimate of drug-likeness (QED) is 0.941. The van der Waals surface area contributed by atoms with Crippen molar-refractivity contribution in [3.63, 3.8) is 0 Å². The first kappa shape index (κ1) is 14.1. The van der Waals surface area contributed by atoms with Gasteiger partial charge >= 0.3 is 12.1 Å². The Morgan fingerprint density at radius 2 is 2.05 bits per heavy atom. The van der Waals surface area contributed by atoms with E-state index in [0.29, 0.717) is 11.1 Å². The van der Waals surface area contributed by atoms with Gasteiger partial charge in [0.15, 0.2) is 0 Å². The summed E-state index contributed by atoms with van der Waals surface area (Å²) in [5.74, 6) is -1.07. The van der Waals surface area contributed by atoms with Gasteiger partial charge in [-0.25, -0.2) is 4.79 Å². The summed E-state index contributed by atoms with van der Waals surface area (Å²) in [7, 11) is 0. The molecule has 1 unspecified atom stereocenters. The molecular formula is C13H11F3N2O2. The number of hydrogen-bond donors (Lipinski definition) is 1. The van der Waals surface area contributed by atoms with E-state index in [9.17, 15) is 18.0 Å². The van der Waals surface area contributed by atoms with Crippen LogP contribution in [0.5, 0.6) is 0 Å². The molecule has 0 aliphatic rings. The second kappa shape index (κ2) is 4.99. The number of aliphatic carboxylic acids is 1. The van der Waals surface area contributed by atoms with Crippen molar-refractivity contribution in [3.8, 4) is 11.1 Å². The van der Waals surface area contributed by atoms with Gasteiger partial charge in [-0.05, 0) is 24.6 Å². The molecule has 0 radical (unpaired) electrons. The fourth-order valence-corrected chi connectivity index (χ4v) is 1.69. The topological polar surface area (TPSA) is 55.1 Å². The molecule has 0 aliphatic carbocycles. The summed E-state index contributed by atoms with van der Waals surface area (Å²) < 4.78 is 39.1. The normalized spacial score (nSPS) is 13.2. The Morgan fingerprint density at radius 1 is 1.35 bits per heavy atom. The molecule has 1 aromatic carbocycles. The molecule has 7 heteroatoms. The summed E-state index contributed by atoms with van der Waals surface area (Å²) in [5.41, 5.74) is 0.0156. The maximum Gasteiger partial charge on any atom is 0.416 e. The Hall–Kier alpha value is -2.31. The van der Waals surface area contributed by atoms with Gasteiger partial charge < -0.3 is 5.11 Å². The summed E-state index contributed by atoms with van der Waals surface area (Å²) in [6, 6.07) is 3.92. The molecular weight excluding hydrogens is 273 g/mol. The summed E-state index contributed by atoms with van der Waals surface area (Å²) in [6.07, 6.45) is -1.66. The van der Waals surface area contributed by atoms with Gasteiger partial charge in [0.25, 0.3) is 0 Å². The third-order valence-corrected chi connectivity index (χ3v) is 2.88. The number of carboxylic acid groups (broad SMARTS) is 1. The van der Waals surface area contributed by atoms with Crippen LogP contribution in [0.15, 0.2) is 36.7 Å². The number of aromatic nitrogens is 2. The highest BCUT2D eigenvalue weighted by Crippen LogP contribution is 2.32. The van der Waals surface area contributed by atoms with Crippen molar-refractivity contribution >= 4 is 5.97 Å². The number of alkyl halides is 3. The lowest BCUT2D eigenvalue weighted by Gasteiger charge is -2.08. The van der Waals surface area contributed by atoms with Crippen LogP contribution in [-0.2, 0) is 11.0 Å². The third-order valence-electron chi connectivity index (χ3n) is 2.88. The lowest BCUT2D eigenvalue weighted by molar-refractivity contribution is -0.140. The number of hydrogen-bond acceptors (Lipinski definition) is 2. The first-order valence-corrected chi connectivity index (χ1v) is 5.73. The highest BCUT2D eigenvalue weighted by Gasteiger charge is 2.30. The van der Waals surface area contributed by atoms with Crippen LogP contribution in [0.25, 0.3) is 11.1 Å². The molecule has 0 spiro atoms. The van der Waals surface area contributed by atoms with Gasteiger partial charge in [0, 0.05) is 11.8 Å². The number of benzene rings is 1. The van der Waals surface area contributed by atoms with Crippen LogP contribution >= 0.6 is 0 Å².